The van der Waals surface area contributed by atoms with E-state index in [-0.39, 0.29) is 5.91 Å². The summed E-state index contributed by atoms with van der Waals surface area (Å²) in [5.41, 5.74) is 0.346. The van der Waals surface area contributed by atoms with Crippen LogP contribution < -0.4 is 4.90 Å². The predicted molar refractivity (Wildman–Crippen MR) is 81.2 cm³/mol. The molecule has 8 nitrogen and oxygen atoms in total. The number of piperazine rings is 1. The maximum Gasteiger partial charge on any atom is 0.267 e. The molecule has 0 unspecified atom stereocenters. The second kappa shape index (κ2) is 5.62. The van der Waals surface area contributed by atoms with Gasteiger partial charge in [0.05, 0.1) is 6.20 Å². The Hall–Kier alpha value is -2.47. The van der Waals surface area contributed by atoms with Crippen molar-refractivity contribution in [2.45, 2.75) is 18.8 Å². The molecular formula is C14H14N6O2S. The molecule has 0 N–H and O–H groups in total. The molecule has 1 saturated carbocycles. The van der Waals surface area contributed by atoms with Crippen LogP contribution in [0.15, 0.2) is 10.6 Å². The second-order valence-corrected chi connectivity index (χ2v) is 6.44. The lowest BCUT2D eigenvalue weighted by molar-refractivity contribution is 0.0750. The van der Waals surface area contributed by atoms with E-state index >= 15 is 0 Å². The Balaban J connectivity index is 1.45. The van der Waals surface area contributed by atoms with E-state index in [1.54, 1.807) is 4.90 Å². The molecule has 2 aromatic heterocycles. The van der Waals surface area contributed by atoms with Crippen LogP contribution >= 0.6 is 11.5 Å². The van der Waals surface area contributed by atoms with Crippen molar-refractivity contribution in [3.63, 3.8) is 0 Å². The summed E-state index contributed by atoms with van der Waals surface area (Å²) in [5, 5.41) is 13.0. The Morgan fingerprint density at radius 2 is 2.13 bits per heavy atom. The van der Waals surface area contributed by atoms with Crippen LogP contribution in [0.2, 0.25) is 0 Å². The number of aromatic nitrogens is 3. The standard InChI is InChI=1S/C14H14N6O2S/c15-7-10-14(22-12(17-10)9-1-2-9)20-5-3-19(4-6-20)13(21)11-8-16-18-23-11/h8-9H,1-6H2. The molecule has 118 valence electrons. The van der Waals surface area contributed by atoms with Crippen molar-refractivity contribution in [2.24, 2.45) is 0 Å². The average Bonchev–Trinajstić information content (AvgIpc) is 3.14. The first-order chi connectivity index (χ1) is 11.3. The number of anilines is 1. The topological polar surface area (TPSA) is 99.2 Å². The van der Waals surface area contributed by atoms with Crippen molar-refractivity contribution >= 4 is 23.3 Å². The normalized spacial score (nSPS) is 18.0. The maximum absolute atomic E-state index is 12.3. The molecule has 2 fully saturated rings. The number of oxazole rings is 1. The Labute approximate surface area is 136 Å². The summed E-state index contributed by atoms with van der Waals surface area (Å²) in [6.45, 7) is 2.38. The Morgan fingerprint density at radius 3 is 2.74 bits per heavy atom. The van der Waals surface area contributed by atoms with E-state index in [9.17, 15) is 10.1 Å². The van der Waals surface area contributed by atoms with Gasteiger partial charge in [0.2, 0.25) is 17.5 Å². The fraction of sp³-hybridized carbons (Fsp3) is 0.500. The molecule has 1 amide bonds. The van der Waals surface area contributed by atoms with Crippen molar-refractivity contribution in [3.8, 4) is 6.07 Å². The number of carbonyl (C=O) groups excluding carboxylic acids is 1. The number of carbonyl (C=O) groups is 1. The fourth-order valence-electron chi connectivity index (χ4n) is 2.65. The molecule has 0 spiro atoms. The molecule has 0 radical (unpaired) electrons. The SMILES string of the molecule is N#Cc1nc(C2CC2)oc1N1CCN(C(=O)c2cnns2)CC1. The third-order valence-corrected chi connectivity index (χ3v) is 4.74. The minimum absolute atomic E-state index is 0.0450. The van der Waals surface area contributed by atoms with Crippen LogP contribution in [0.1, 0.15) is 40.0 Å². The zero-order valence-electron chi connectivity index (χ0n) is 12.3. The highest BCUT2D eigenvalue weighted by Crippen LogP contribution is 2.41. The van der Waals surface area contributed by atoms with Crippen molar-refractivity contribution in [1.29, 1.82) is 5.26 Å². The maximum atomic E-state index is 12.3. The van der Waals surface area contributed by atoms with E-state index in [0.29, 0.717) is 54.4 Å². The molecule has 1 saturated heterocycles. The molecule has 1 aliphatic carbocycles. The van der Waals surface area contributed by atoms with Gasteiger partial charge in [0, 0.05) is 32.1 Å². The lowest BCUT2D eigenvalue weighted by atomic mass is 10.3. The largest absolute Gasteiger partial charge is 0.423 e. The molecule has 2 aromatic rings. The molecule has 3 heterocycles. The van der Waals surface area contributed by atoms with Crippen LogP contribution in [0.5, 0.6) is 0 Å². The summed E-state index contributed by atoms with van der Waals surface area (Å²) in [6.07, 6.45) is 3.65. The number of hydrogen-bond donors (Lipinski definition) is 0. The Morgan fingerprint density at radius 1 is 1.35 bits per heavy atom. The monoisotopic (exact) mass is 330 g/mol. The lowest BCUT2D eigenvalue weighted by Crippen LogP contribution is -2.48. The van der Waals surface area contributed by atoms with E-state index in [4.69, 9.17) is 4.42 Å². The van der Waals surface area contributed by atoms with E-state index in [2.05, 4.69) is 20.6 Å². The highest BCUT2D eigenvalue weighted by molar-refractivity contribution is 7.07. The first kappa shape index (κ1) is 14.1. The van der Waals surface area contributed by atoms with Gasteiger partial charge in [0.1, 0.15) is 10.9 Å². The Kier molecular flexibility index (Phi) is 3.46. The number of amides is 1. The van der Waals surface area contributed by atoms with Crippen LogP contribution in [-0.4, -0.2) is 51.6 Å². The third kappa shape index (κ3) is 2.66. The summed E-state index contributed by atoms with van der Waals surface area (Å²) >= 11 is 1.10. The quantitative estimate of drug-likeness (QED) is 0.834. The zero-order valence-corrected chi connectivity index (χ0v) is 13.1. The van der Waals surface area contributed by atoms with Crippen LogP contribution in [0, 0.1) is 11.3 Å². The van der Waals surface area contributed by atoms with Crippen molar-refractivity contribution < 1.29 is 9.21 Å². The first-order valence-corrected chi connectivity index (χ1v) is 8.26. The summed E-state index contributed by atoms with van der Waals surface area (Å²) in [4.78, 5) is 20.9. The summed E-state index contributed by atoms with van der Waals surface area (Å²) in [5.74, 6) is 1.54. The number of nitriles is 1. The van der Waals surface area contributed by atoms with Gasteiger partial charge in [-0.3, -0.25) is 4.79 Å². The summed E-state index contributed by atoms with van der Waals surface area (Å²) < 4.78 is 9.53. The number of rotatable bonds is 3. The van der Waals surface area contributed by atoms with Gasteiger partial charge in [-0.25, -0.2) is 4.98 Å². The van der Waals surface area contributed by atoms with Gasteiger partial charge in [-0.1, -0.05) is 4.49 Å². The van der Waals surface area contributed by atoms with Gasteiger partial charge in [-0.2, -0.15) is 5.26 Å². The van der Waals surface area contributed by atoms with E-state index < -0.39 is 0 Å². The third-order valence-electron chi connectivity index (χ3n) is 4.08. The Bertz CT molecular complexity index is 753. The first-order valence-electron chi connectivity index (χ1n) is 7.48. The molecule has 4 rings (SSSR count). The molecule has 2 aliphatic rings. The van der Waals surface area contributed by atoms with Gasteiger partial charge < -0.3 is 14.2 Å². The van der Waals surface area contributed by atoms with E-state index in [1.807, 2.05) is 4.90 Å². The zero-order chi connectivity index (χ0) is 15.8. The lowest BCUT2D eigenvalue weighted by Gasteiger charge is -2.34. The summed E-state index contributed by atoms with van der Waals surface area (Å²) in [7, 11) is 0. The fourth-order valence-corrected chi connectivity index (χ4v) is 3.13. The van der Waals surface area contributed by atoms with Crippen LogP contribution in [0.3, 0.4) is 0 Å². The average molecular weight is 330 g/mol. The van der Waals surface area contributed by atoms with Crippen LogP contribution in [0.25, 0.3) is 0 Å². The molecule has 9 heteroatoms. The molecule has 0 atom stereocenters. The second-order valence-electron chi connectivity index (χ2n) is 5.65. The van der Waals surface area contributed by atoms with Crippen molar-refractivity contribution in [2.75, 3.05) is 31.1 Å². The minimum Gasteiger partial charge on any atom is -0.423 e. The smallest absolute Gasteiger partial charge is 0.267 e. The molecular weight excluding hydrogens is 316 g/mol. The van der Waals surface area contributed by atoms with Gasteiger partial charge in [-0.15, -0.1) is 5.10 Å². The van der Waals surface area contributed by atoms with Crippen molar-refractivity contribution in [1.82, 2.24) is 19.5 Å². The number of hydrogen-bond acceptors (Lipinski definition) is 8. The number of nitrogens with zero attached hydrogens (tertiary/aromatic N) is 6. The highest BCUT2D eigenvalue weighted by atomic mass is 32.1. The van der Waals surface area contributed by atoms with E-state index in [0.717, 1.165) is 24.4 Å². The molecule has 0 bridgehead atoms. The van der Waals surface area contributed by atoms with E-state index in [1.165, 1.54) is 6.20 Å². The summed E-state index contributed by atoms with van der Waals surface area (Å²) in [6, 6.07) is 2.11. The molecule has 0 aromatic carbocycles. The minimum atomic E-state index is -0.0450. The van der Waals surface area contributed by atoms with Gasteiger partial charge in [0.25, 0.3) is 5.91 Å². The van der Waals surface area contributed by atoms with Gasteiger partial charge in [0.15, 0.2) is 0 Å². The van der Waals surface area contributed by atoms with Gasteiger partial charge >= 0.3 is 0 Å². The molecule has 1 aliphatic heterocycles. The highest BCUT2D eigenvalue weighted by Gasteiger charge is 2.33. The van der Waals surface area contributed by atoms with Crippen LogP contribution in [0.4, 0.5) is 5.88 Å². The van der Waals surface area contributed by atoms with Crippen molar-refractivity contribution in [3.05, 3.63) is 22.7 Å². The molecule has 23 heavy (non-hydrogen) atoms. The predicted octanol–water partition coefficient (Wildman–Crippen LogP) is 1.24. The van der Waals surface area contributed by atoms with Crippen LogP contribution in [-0.2, 0) is 0 Å². The van der Waals surface area contributed by atoms with Gasteiger partial charge in [-0.05, 0) is 24.4 Å².